The fourth-order valence-corrected chi connectivity index (χ4v) is 2.77. The van der Waals surface area contributed by atoms with Gasteiger partial charge in [0.2, 0.25) is 11.8 Å². The number of methoxy groups -OCH3 is 1. The highest BCUT2D eigenvalue weighted by atomic mass is 16.5. The molecule has 2 amide bonds. The van der Waals surface area contributed by atoms with Crippen LogP contribution >= 0.6 is 0 Å². The molecule has 1 aliphatic heterocycles. The number of carbonyl (C=O) groups excluding carboxylic acids is 2. The number of benzene rings is 1. The van der Waals surface area contributed by atoms with Crippen molar-refractivity contribution in [2.75, 3.05) is 33.8 Å². The average molecular weight is 319 g/mol. The van der Waals surface area contributed by atoms with E-state index >= 15 is 0 Å². The molecule has 6 nitrogen and oxygen atoms in total. The van der Waals surface area contributed by atoms with E-state index in [4.69, 9.17) is 4.74 Å². The maximum Gasteiger partial charge on any atom is 0.239 e. The molecule has 0 aliphatic carbocycles. The molecule has 1 atom stereocenters. The summed E-state index contributed by atoms with van der Waals surface area (Å²) in [5.41, 5.74) is 2.11. The Morgan fingerprint density at radius 1 is 1.26 bits per heavy atom. The normalized spacial score (nSPS) is 18.7. The van der Waals surface area contributed by atoms with Crippen LogP contribution in [0.25, 0.3) is 0 Å². The minimum Gasteiger partial charge on any atom is -0.380 e. The van der Waals surface area contributed by atoms with Gasteiger partial charge in [-0.05, 0) is 18.2 Å². The van der Waals surface area contributed by atoms with E-state index in [-0.39, 0.29) is 17.9 Å². The Bertz CT molecular complexity index is 562. The van der Waals surface area contributed by atoms with Gasteiger partial charge in [0.1, 0.15) is 6.04 Å². The molecule has 0 radical (unpaired) electrons. The molecule has 0 spiro atoms. The average Bonchev–Trinajstić information content (AvgIpc) is 2.54. The third-order valence-corrected chi connectivity index (χ3v) is 4.27. The van der Waals surface area contributed by atoms with Gasteiger partial charge in [-0.2, -0.15) is 0 Å². The topological polar surface area (TPSA) is 61.9 Å². The van der Waals surface area contributed by atoms with Gasteiger partial charge in [0.25, 0.3) is 0 Å². The fourth-order valence-electron chi connectivity index (χ4n) is 2.77. The maximum atomic E-state index is 12.5. The molecular weight excluding hydrogens is 294 g/mol. The summed E-state index contributed by atoms with van der Waals surface area (Å²) in [6.45, 7) is 4.35. The molecule has 1 fully saturated rings. The number of likely N-dealkylation sites (N-methyl/N-ethyl adjacent to an activating group) is 1. The standard InChI is InChI=1S/C17H25N3O3/c1-13(21)20-9-8-19(2)16(11-20)17(22)18-10-14-6-4-5-7-15(14)12-23-3/h4-7,16H,8-12H2,1-3H3,(H,18,22). The Morgan fingerprint density at radius 2 is 1.96 bits per heavy atom. The van der Waals surface area contributed by atoms with Gasteiger partial charge < -0.3 is 15.0 Å². The van der Waals surface area contributed by atoms with Crippen LogP contribution in [-0.2, 0) is 27.5 Å². The summed E-state index contributed by atoms with van der Waals surface area (Å²) in [5.74, 6) is -0.0352. The van der Waals surface area contributed by atoms with Gasteiger partial charge in [0, 0.05) is 40.2 Å². The number of nitrogens with one attached hydrogen (secondary N) is 1. The number of hydrogen-bond donors (Lipinski definition) is 1. The SMILES string of the molecule is COCc1ccccc1CNC(=O)C1CN(C(C)=O)CCN1C. The van der Waals surface area contributed by atoms with Crippen molar-refractivity contribution < 1.29 is 14.3 Å². The van der Waals surface area contributed by atoms with E-state index in [1.54, 1.807) is 18.9 Å². The minimum absolute atomic E-state index is 0.0151. The van der Waals surface area contributed by atoms with Crippen LogP contribution in [0, 0.1) is 0 Å². The van der Waals surface area contributed by atoms with E-state index in [0.717, 1.165) is 11.1 Å². The number of nitrogens with zero attached hydrogens (tertiary/aromatic N) is 2. The van der Waals surface area contributed by atoms with E-state index < -0.39 is 0 Å². The van der Waals surface area contributed by atoms with Crippen molar-refractivity contribution >= 4 is 11.8 Å². The second-order valence-corrected chi connectivity index (χ2v) is 5.88. The summed E-state index contributed by atoms with van der Waals surface area (Å²) in [6, 6.07) is 7.59. The molecule has 23 heavy (non-hydrogen) atoms. The van der Waals surface area contributed by atoms with Crippen molar-refractivity contribution in [2.45, 2.75) is 26.1 Å². The highest BCUT2D eigenvalue weighted by Crippen LogP contribution is 2.11. The van der Waals surface area contributed by atoms with Crippen LogP contribution in [-0.4, -0.2) is 61.4 Å². The Morgan fingerprint density at radius 3 is 2.61 bits per heavy atom. The van der Waals surface area contributed by atoms with Gasteiger partial charge in [-0.1, -0.05) is 24.3 Å². The van der Waals surface area contributed by atoms with Crippen molar-refractivity contribution in [3.8, 4) is 0 Å². The lowest BCUT2D eigenvalue weighted by molar-refractivity contribution is -0.135. The van der Waals surface area contributed by atoms with Crippen LogP contribution in [0.15, 0.2) is 24.3 Å². The lowest BCUT2D eigenvalue weighted by atomic mass is 10.1. The van der Waals surface area contributed by atoms with Gasteiger partial charge in [-0.25, -0.2) is 0 Å². The number of ether oxygens (including phenoxy) is 1. The Balaban J connectivity index is 1.97. The van der Waals surface area contributed by atoms with Crippen LogP contribution < -0.4 is 5.32 Å². The van der Waals surface area contributed by atoms with Gasteiger partial charge in [-0.3, -0.25) is 14.5 Å². The second kappa shape index (κ2) is 8.08. The zero-order valence-electron chi connectivity index (χ0n) is 14.0. The molecule has 1 heterocycles. The Hall–Kier alpha value is -1.92. The van der Waals surface area contributed by atoms with E-state index in [9.17, 15) is 9.59 Å². The molecule has 1 N–H and O–H groups in total. The summed E-state index contributed by atoms with van der Waals surface area (Å²) in [7, 11) is 3.57. The number of carbonyl (C=O) groups is 2. The van der Waals surface area contributed by atoms with E-state index in [0.29, 0.717) is 32.8 Å². The highest BCUT2D eigenvalue weighted by molar-refractivity contribution is 5.83. The molecule has 6 heteroatoms. The van der Waals surface area contributed by atoms with E-state index in [2.05, 4.69) is 5.32 Å². The Labute approximate surface area is 137 Å². The molecule has 1 aromatic carbocycles. The van der Waals surface area contributed by atoms with Crippen LogP contribution in [0.2, 0.25) is 0 Å². The highest BCUT2D eigenvalue weighted by Gasteiger charge is 2.30. The van der Waals surface area contributed by atoms with Crippen LogP contribution in [0.4, 0.5) is 0 Å². The molecular formula is C17H25N3O3. The first-order valence-corrected chi connectivity index (χ1v) is 7.82. The van der Waals surface area contributed by atoms with E-state index in [1.807, 2.05) is 36.2 Å². The summed E-state index contributed by atoms with van der Waals surface area (Å²) in [6.07, 6.45) is 0. The number of amides is 2. The molecule has 2 rings (SSSR count). The quantitative estimate of drug-likeness (QED) is 0.864. The molecule has 1 saturated heterocycles. The van der Waals surface area contributed by atoms with Gasteiger partial charge in [0.15, 0.2) is 0 Å². The zero-order valence-corrected chi connectivity index (χ0v) is 14.0. The number of piperazine rings is 1. The number of rotatable bonds is 5. The largest absolute Gasteiger partial charge is 0.380 e. The molecule has 0 saturated carbocycles. The first-order chi connectivity index (χ1) is 11.0. The maximum absolute atomic E-state index is 12.5. The second-order valence-electron chi connectivity index (χ2n) is 5.88. The lowest BCUT2D eigenvalue weighted by Gasteiger charge is -2.38. The van der Waals surface area contributed by atoms with Gasteiger partial charge >= 0.3 is 0 Å². The predicted octanol–water partition coefficient (Wildman–Crippen LogP) is 0.612. The fraction of sp³-hybridized carbons (Fsp3) is 0.529. The molecule has 1 unspecified atom stereocenters. The lowest BCUT2D eigenvalue weighted by Crippen LogP contribution is -2.58. The Kier molecular flexibility index (Phi) is 6.12. The predicted molar refractivity (Wildman–Crippen MR) is 87.7 cm³/mol. The number of hydrogen-bond acceptors (Lipinski definition) is 4. The van der Waals surface area contributed by atoms with Crippen molar-refractivity contribution in [2.24, 2.45) is 0 Å². The molecule has 0 bridgehead atoms. The molecule has 1 aromatic rings. The van der Waals surface area contributed by atoms with Crippen molar-refractivity contribution in [1.82, 2.24) is 15.1 Å². The van der Waals surface area contributed by atoms with E-state index in [1.165, 1.54) is 0 Å². The van der Waals surface area contributed by atoms with Crippen molar-refractivity contribution in [1.29, 1.82) is 0 Å². The van der Waals surface area contributed by atoms with Crippen molar-refractivity contribution in [3.63, 3.8) is 0 Å². The zero-order chi connectivity index (χ0) is 16.8. The van der Waals surface area contributed by atoms with Crippen LogP contribution in [0.1, 0.15) is 18.1 Å². The van der Waals surface area contributed by atoms with Crippen molar-refractivity contribution in [3.05, 3.63) is 35.4 Å². The smallest absolute Gasteiger partial charge is 0.239 e. The summed E-state index contributed by atoms with van der Waals surface area (Å²) < 4.78 is 5.18. The summed E-state index contributed by atoms with van der Waals surface area (Å²) in [5, 5.41) is 2.98. The third kappa shape index (κ3) is 4.53. The van der Waals surface area contributed by atoms with Gasteiger partial charge in [-0.15, -0.1) is 0 Å². The van der Waals surface area contributed by atoms with Crippen LogP contribution in [0.5, 0.6) is 0 Å². The summed E-state index contributed by atoms with van der Waals surface area (Å²) in [4.78, 5) is 27.7. The molecule has 126 valence electrons. The monoisotopic (exact) mass is 319 g/mol. The first kappa shape index (κ1) is 17.4. The third-order valence-electron chi connectivity index (χ3n) is 4.27. The minimum atomic E-state index is -0.303. The molecule has 1 aliphatic rings. The molecule has 0 aromatic heterocycles. The van der Waals surface area contributed by atoms with Crippen LogP contribution in [0.3, 0.4) is 0 Å². The summed E-state index contributed by atoms with van der Waals surface area (Å²) >= 11 is 0. The first-order valence-electron chi connectivity index (χ1n) is 7.82. The van der Waals surface area contributed by atoms with Gasteiger partial charge in [0.05, 0.1) is 6.61 Å².